The van der Waals surface area contributed by atoms with E-state index in [0.717, 1.165) is 33.3 Å². The minimum Gasteiger partial charge on any atom is -0.491 e. The maximum Gasteiger partial charge on any atom is 0.338 e. The molecular formula is C16H15N3O5S2. The highest BCUT2D eigenvalue weighted by Gasteiger charge is 2.32. The molecule has 0 bridgehead atoms. The summed E-state index contributed by atoms with van der Waals surface area (Å²) in [4.78, 5) is 12.5. The average Bonchev–Trinajstić information content (AvgIpc) is 3.18. The van der Waals surface area contributed by atoms with Crippen LogP contribution in [0.25, 0.3) is 5.69 Å². The number of anilines is 1. The SMILES string of the molecule is O=c1n(-c2cccc(NS(=O)(=O)c3cccs3)c2)c(O)c(O)n1C1CC1. The number of imidazole rings is 1. The topological polar surface area (TPSA) is 114 Å². The summed E-state index contributed by atoms with van der Waals surface area (Å²) in [6.07, 6.45) is 1.52. The van der Waals surface area contributed by atoms with E-state index in [4.69, 9.17) is 0 Å². The van der Waals surface area contributed by atoms with Crippen LogP contribution in [-0.2, 0) is 10.0 Å². The first-order chi connectivity index (χ1) is 12.4. The number of aromatic nitrogens is 2. The van der Waals surface area contributed by atoms with Crippen LogP contribution in [0.3, 0.4) is 0 Å². The Morgan fingerprint density at radius 3 is 2.54 bits per heavy atom. The van der Waals surface area contributed by atoms with Crippen molar-refractivity contribution in [1.29, 1.82) is 0 Å². The molecule has 8 nitrogen and oxygen atoms in total. The molecule has 2 aromatic heterocycles. The zero-order chi connectivity index (χ0) is 18.5. The van der Waals surface area contributed by atoms with E-state index in [1.807, 2.05) is 0 Å². The fourth-order valence-corrected chi connectivity index (χ4v) is 4.76. The van der Waals surface area contributed by atoms with Crippen LogP contribution in [0.1, 0.15) is 18.9 Å². The molecule has 136 valence electrons. The summed E-state index contributed by atoms with van der Waals surface area (Å²) in [5.41, 5.74) is -0.0878. The molecule has 1 fully saturated rings. The molecule has 0 radical (unpaired) electrons. The Kier molecular flexibility index (Phi) is 3.81. The van der Waals surface area contributed by atoms with E-state index < -0.39 is 27.5 Å². The predicted octanol–water partition coefficient (Wildman–Crippen LogP) is 2.25. The van der Waals surface area contributed by atoms with Crippen molar-refractivity contribution in [2.75, 3.05) is 4.72 Å². The molecule has 3 aromatic rings. The van der Waals surface area contributed by atoms with E-state index in [1.165, 1.54) is 18.2 Å². The van der Waals surface area contributed by atoms with Crippen LogP contribution in [0.5, 0.6) is 11.8 Å². The predicted molar refractivity (Wildman–Crippen MR) is 96.8 cm³/mol. The summed E-state index contributed by atoms with van der Waals surface area (Å²) in [5, 5.41) is 21.9. The summed E-state index contributed by atoms with van der Waals surface area (Å²) in [5.74, 6) is -1.05. The normalized spacial score (nSPS) is 14.5. The van der Waals surface area contributed by atoms with Gasteiger partial charge in [0.25, 0.3) is 21.8 Å². The Morgan fingerprint density at radius 1 is 1.12 bits per heavy atom. The summed E-state index contributed by atoms with van der Waals surface area (Å²) < 4.78 is 29.4. The smallest absolute Gasteiger partial charge is 0.338 e. The minimum atomic E-state index is -3.73. The first kappa shape index (κ1) is 16.7. The van der Waals surface area contributed by atoms with Gasteiger partial charge in [-0.25, -0.2) is 17.8 Å². The molecule has 1 aliphatic rings. The van der Waals surface area contributed by atoms with Gasteiger partial charge in [0, 0.05) is 6.04 Å². The second-order valence-corrected chi connectivity index (χ2v) is 8.81. The third kappa shape index (κ3) is 2.76. The van der Waals surface area contributed by atoms with Gasteiger partial charge >= 0.3 is 5.69 Å². The molecule has 10 heteroatoms. The van der Waals surface area contributed by atoms with Crippen molar-refractivity contribution < 1.29 is 18.6 Å². The maximum absolute atomic E-state index is 12.5. The minimum absolute atomic E-state index is 0.116. The molecule has 2 heterocycles. The molecule has 1 saturated carbocycles. The van der Waals surface area contributed by atoms with Gasteiger partial charge < -0.3 is 10.2 Å². The van der Waals surface area contributed by atoms with Crippen molar-refractivity contribution in [2.45, 2.75) is 23.1 Å². The number of hydrogen-bond donors (Lipinski definition) is 3. The van der Waals surface area contributed by atoms with Crippen molar-refractivity contribution in [3.63, 3.8) is 0 Å². The molecular weight excluding hydrogens is 378 g/mol. The zero-order valence-electron chi connectivity index (χ0n) is 13.4. The van der Waals surface area contributed by atoms with Gasteiger partial charge in [0.1, 0.15) is 4.21 Å². The highest BCUT2D eigenvalue weighted by molar-refractivity contribution is 7.94. The number of thiophene rings is 1. The van der Waals surface area contributed by atoms with Gasteiger partial charge in [0.15, 0.2) is 0 Å². The highest BCUT2D eigenvalue weighted by atomic mass is 32.2. The number of nitrogens with zero attached hydrogens (tertiary/aromatic N) is 2. The van der Waals surface area contributed by atoms with Crippen molar-refractivity contribution in [3.8, 4) is 17.4 Å². The number of sulfonamides is 1. The Hall–Kier alpha value is -2.72. The quantitative estimate of drug-likeness (QED) is 0.615. The van der Waals surface area contributed by atoms with Gasteiger partial charge in [-0.05, 0) is 42.5 Å². The second kappa shape index (κ2) is 5.92. The molecule has 3 N–H and O–H groups in total. The third-order valence-corrected chi connectivity index (χ3v) is 6.84. The molecule has 1 aromatic carbocycles. The van der Waals surface area contributed by atoms with Crippen molar-refractivity contribution in [3.05, 3.63) is 52.3 Å². The van der Waals surface area contributed by atoms with Gasteiger partial charge in [-0.2, -0.15) is 0 Å². The van der Waals surface area contributed by atoms with Crippen molar-refractivity contribution in [2.24, 2.45) is 0 Å². The van der Waals surface area contributed by atoms with E-state index in [-0.39, 0.29) is 21.6 Å². The number of nitrogens with one attached hydrogen (secondary N) is 1. The van der Waals surface area contributed by atoms with Crippen LogP contribution in [-0.4, -0.2) is 27.8 Å². The number of hydrogen-bond acceptors (Lipinski definition) is 6. The van der Waals surface area contributed by atoms with Crippen LogP contribution in [0.15, 0.2) is 50.8 Å². The first-order valence-electron chi connectivity index (χ1n) is 7.80. The number of aromatic hydroxyl groups is 2. The van der Waals surface area contributed by atoms with Gasteiger partial charge in [0.05, 0.1) is 11.4 Å². The molecule has 0 amide bonds. The summed E-state index contributed by atoms with van der Waals surface area (Å²) in [6, 6.07) is 9.06. The largest absolute Gasteiger partial charge is 0.491 e. The highest BCUT2D eigenvalue weighted by Crippen LogP contribution is 2.40. The molecule has 4 rings (SSSR count). The molecule has 26 heavy (non-hydrogen) atoms. The fourth-order valence-electron chi connectivity index (χ4n) is 2.72. The molecule has 0 spiro atoms. The summed E-state index contributed by atoms with van der Waals surface area (Å²) in [6.45, 7) is 0. The molecule has 0 atom stereocenters. The van der Waals surface area contributed by atoms with Gasteiger partial charge in [-0.3, -0.25) is 9.29 Å². The lowest BCUT2D eigenvalue weighted by Crippen LogP contribution is -2.22. The molecule has 0 aliphatic heterocycles. The lowest BCUT2D eigenvalue weighted by atomic mass is 10.3. The van der Waals surface area contributed by atoms with Gasteiger partial charge in [-0.15, -0.1) is 11.3 Å². The Bertz CT molecular complexity index is 1130. The van der Waals surface area contributed by atoms with Crippen LogP contribution in [0.2, 0.25) is 0 Å². The monoisotopic (exact) mass is 393 g/mol. The van der Waals surface area contributed by atoms with Crippen LogP contribution >= 0.6 is 11.3 Å². The molecule has 1 aliphatic carbocycles. The van der Waals surface area contributed by atoms with E-state index in [0.29, 0.717) is 0 Å². The lowest BCUT2D eigenvalue weighted by Gasteiger charge is -2.09. The molecule has 0 unspecified atom stereocenters. The van der Waals surface area contributed by atoms with Crippen LogP contribution in [0, 0.1) is 0 Å². The Morgan fingerprint density at radius 2 is 1.88 bits per heavy atom. The first-order valence-corrected chi connectivity index (χ1v) is 10.2. The van der Waals surface area contributed by atoms with E-state index in [1.54, 1.807) is 23.6 Å². The number of rotatable bonds is 5. The van der Waals surface area contributed by atoms with Crippen molar-refractivity contribution >= 4 is 27.0 Å². The standard InChI is InChI=1S/C16H15N3O5S2/c20-14-15(21)19(16(22)18(14)11-6-7-11)12-4-1-3-10(9-12)17-26(23,24)13-5-2-8-25-13/h1-5,8-9,11,17,20-21H,6-7H2. The fraction of sp³-hybridized carbons (Fsp3) is 0.188. The Labute approximate surface area is 152 Å². The molecule has 0 saturated heterocycles. The van der Waals surface area contributed by atoms with Crippen molar-refractivity contribution in [1.82, 2.24) is 9.13 Å². The van der Waals surface area contributed by atoms with Crippen LogP contribution in [0.4, 0.5) is 5.69 Å². The van der Waals surface area contributed by atoms with Gasteiger partial charge in [0.2, 0.25) is 0 Å². The van der Waals surface area contributed by atoms with Crippen LogP contribution < -0.4 is 10.4 Å². The zero-order valence-corrected chi connectivity index (χ0v) is 15.0. The maximum atomic E-state index is 12.5. The second-order valence-electron chi connectivity index (χ2n) is 5.95. The van der Waals surface area contributed by atoms with Gasteiger partial charge in [-0.1, -0.05) is 12.1 Å². The summed E-state index contributed by atoms with van der Waals surface area (Å²) >= 11 is 1.09. The van der Waals surface area contributed by atoms with E-state index >= 15 is 0 Å². The average molecular weight is 393 g/mol. The van der Waals surface area contributed by atoms with E-state index in [9.17, 15) is 23.4 Å². The lowest BCUT2D eigenvalue weighted by molar-refractivity contribution is 0.363. The number of benzene rings is 1. The Balaban J connectivity index is 1.74. The van der Waals surface area contributed by atoms with E-state index in [2.05, 4.69) is 4.72 Å². The summed E-state index contributed by atoms with van der Waals surface area (Å²) in [7, 11) is -3.73. The third-order valence-electron chi connectivity index (χ3n) is 4.07.